The second kappa shape index (κ2) is 5.62. The fraction of sp³-hybridized carbons (Fsp3) is 0.647. The first-order chi connectivity index (χ1) is 8.86. The lowest BCUT2D eigenvalue weighted by molar-refractivity contribution is 0.218. The van der Waals surface area contributed by atoms with Crippen molar-refractivity contribution in [1.82, 2.24) is 4.90 Å². The highest BCUT2D eigenvalue weighted by Gasteiger charge is 2.22. The Balaban J connectivity index is 2.16. The summed E-state index contributed by atoms with van der Waals surface area (Å²) in [6.07, 6.45) is 3.62. The molecule has 106 valence electrons. The van der Waals surface area contributed by atoms with Crippen LogP contribution < -0.4 is 0 Å². The number of rotatable bonds is 2. The minimum Gasteiger partial charge on any atom is -0.306 e. The molecule has 1 fully saturated rings. The normalized spacial score (nSPS) is 18.8. The highest BCUT2D eigenvalue weighted by Crippen LogP contribution is 2.30. The van der Waals surface area contributed by atoms with Gasteiger partial charge in [-0.15, -0.1) is 0 Å². The summed E-state index contributed by atoms with van der Waals surface area (Å²) in [7, 11) is 2.19. The first-order valence-electron chi connectivity index (χ1n) is 7.33. The van der Waals surface area contributed by atoms with Crippen molar-refractivity contribution < 1.29 is 4.39 Å². The largest absolute Gasteiger partial charge is 0.306 e. The Kier molecular flexibility index (Phi) is 4.29. The Bertz CT molecular complexity index is 425. The molecule has 0 bridgehead atoms. The van der Waals surface area contributed by atoms with Crippen LogP contribution in [-0.4, -0.2) is 25.0 Å². The van der Waals surface area contributed by atoms with Crippen LogP contribution in [0.3, 0.4) is 0 Å². The standard InChI is InChI=1S/C17H26FN/c1-17(2,3)16-12-15(18)6-5-14(16)11-13-7-9-19(4)10-8-13/h5-6,12-13H,7-11H2,1-4H3. The molecule has 1 aromatic rings. The number of benzene rings is 1. The third kappa shape index (κ3) is 3.79. The van der Waals surface area contributed by atoms with E-state index in [-0.39, 0.29) is 11.2 Å². The first kappa shape index (κ1) is 14.5. The quantitative estimate of drug-likeness (QED) is 0.779. The summed E-state index contributed by atoms with van der Waals surface area (Å²) in [6, 6.07) is 5.33. The predicted octanol–water partition coefficient (Wildman–Crippen LogP) is 4.01. The molecule has 0 atom stereocenters. The molecular formula is C17H26FN. The molecule has 1 aliphatic rings. The molecule has 0 saturated carbocycles. The first-order valence-corrected chi connectivity index (χ1v) is 7.33. The molecule has 0 radical (unpaired) electrons. The van der Waals surface area contributed by atoms with Crippen LogP contribution in [0.2, 0.25) is 0 Å². The molecule has 0 spiro atoms. The smallest absolute Gasteiger partial charge is 0.123 e. The molecule has 0 amide bonds. The summed E-state index contributed by atoms with van der Waals surface area (Å²) in [5, 5.41) is 0. The topological polar surface area (TPSA) is 3.24 Å². The average molecular weight is 263 g/mol. The van der Waals surface area contributed by atoms with Crippen molar-refractivity contribution in [3.8, 4) is 0 Å². The maximum Gasteiger partial charge on any atom is 0.123 e. The summed E-state index contributed by atoms with van der Waals surface area (Å²) < 4.78 is 13.5. The van der Waals surface area contributed by atoms with Crippen LogP contribution in [0, 0.1) is 11.7 Å². The van der Waals surface area contributed by atoms with Gasteiger partial charge in [0.1, 0.15) is 5.82 Å². The molecule has 19 heavy (non-hydrogen) atoms. The van der Waals surface area contributed by atoms with E-state index >= 15 is 0 Å². The van der Waals surface area contributed by atoms with Gasteiger partial charge in [0, 0.05) is 0 Å². The lowest BCUT2D eigenvalue weighted by Gasteiger charge is -2.31. The Morgan fingerprint density at radius 3 is 2.42 bits per heavy atom. The summed E-state index contributed by atoms with van der Waals surface area (Å²) >= 11 is 0. The lowest BCUT2D eigenvalue weighted by atomic mass is 9.80. The number of likely N-dealkylation sites (tertiary alicyclic amines) is 1. The van der Waals surface area contributed by atoms with Crippen molar-refractivity contribution in [2.24, 2.45) is 5.92 Å². The van der Waals surface area contributed by atoms with E-state index in [1.54, 1.807) is 12.1 Å². The van der Waals surface area contributed by atoms with Crippen molar-refractivity contribution in [2.75, 3.05) is 20.1 Å². The zero-order valence-corrected chi connectivity index (χ0v) is 12.7. The second-order valence-corrected chi connectivity index (χ2v) is 7.00. The van der Waals surface area contributed by atoms with Crippen LogP contribution in [0.15, 0.2) is 18.2 Å². The number of hydrogen-bond donors (Lipinski definition) is 0. The highest BCUT2D eigenvalue weighted by molar-refractivity contribution is 5.33. The van der Waals surface area contributed by atoms with Gasteiger partial charge in [0.2, 0.25) is 0 Å². The van der Waals surface area contributed by atoms with Crippen molar-refractivity contribution in [3.63, 3.8) is 0 Å². The molecule has 0 aromatic heterocycles. The van der Waals surface area contributed by atoms with Crippen LogP contribution in [-0.2, 0) is 11.8 Å². The van der Waals surface area contributed by atoms with Gasteiger partial charge in [0.25, 0.3) is 0 Å². The van der Waals surface area contributed by atoms with E-state index in [0.717, 1.165) is 12.3 Å². The fourth-order valence-electron chi connectivity index (χ4n) is 3.00. The molecule has 0 N–H and O–H groups in total. The molecule has 1 aromatic carbocycles. The molecule has 2 rings (SSSR count). The fourth-order valence-corrected chi connectivity index (χ4v) is 3.00. The maximum atomic E-state index is 13.5. The zero-order chi connectivity index (χ0) is 14.0. The van der Waals surface area contributed by atoms with Crippen molar-refractivity contribution >= 4 is 0 Å². The predicted molar refractivity (Wildman–Crippen MR) is 79.0 cm³/mol. The van der Waals surface area contributed by atoms with Crippen LogP contribution in [0.4, 0.5) is 4.39 Å². The molecule has 1 saturated heterocycles. The summed E-state index contributed by atoms with van der Waals surface area (Å²) in [4.78, 5) is 2.39. The lowest BCUT2D eigenvalue weighted by Crippen LogP contribution is -2.31. The third-order valence-corrected chi connectivity index (χ3v) is 4.23. The van der Waals surface area contributed by atoms with Gasteiger partial charge in [0.15, 0.2) is 0 Å². The molecule has 0 unspecified atom stereocenters. The van der Waals surface area contributed by atoms with Gasteiger partial charge >= 0.3 is 0 Å². The third-order valence-electron chi connectivity index (χ3n) is 4.23. The Hall–Kier alpha value is -0.890. The number of piperidine rings is 1. The van der Waals surface area contributed by atoms with E-state index in [0.29, 0.717) is 0 Å². The second-order valence-electron chi connectivity index (χ2n) is 7.00. The van der Waals surface area contributed by atoms with Crippen LogP contribution in [0.1, 0.15) is 44.7 Å². The molecular weight excluding hydrogens is 237 g/mol. The van der Waals surface area contributed by atoms with Crippen molar-refractivity contribution in [3.05, 3.63) is 35.1 Å². The average Bonchev–Trinajstić information content (AvgIpc) is 2.33. The highest BCUT2D eigenvalue weighted by atomic mass is 19.1. The van der Waals surface area contributed by atoms with Gasteiger partial charge in [-0.3, -0.25) is 0 Å². The monoisotopic (exact) mass is 263 g/mol. The van der Waals surface area contributed by atoms with Crippen LogP contribution in [0.5, 0.6) is 0 Å². The van der Waals surface area contributed by atoms with Gasteiger partial charge in [-0.25, -0.2) is 4.39 Å². The number of nitrogens with zero attached hydrogens (tertiary/aromatic N) is 1. The molecule has 2 heteroatoms. The zero-order valence-electron chi connectivity index (χ0n) is 12.7. The van der Waals surface area contributed by atoms with E-state index in [9.17, 15) is 4.39 Å². The summed E-state index contributed by atoms with van der Waals surface area (Å²) in [5.74, 6) is 0.639. The summed E-state index contributed by atoms with van der Waals surface area (Å²) in [5.41, 5.74) is 2.53. The van der Waals surface area contributed by atoms with Gasteiger partial charge in [-0.05, 0) is 74.0 Å². The van der Waals surface area contributed by atoms with E-state index < -0.39 is 0 Å². The minimum absolute atomic E-state index is 0.0168. The minimum atomic E-state index is -0.114. The van der Waals surface area contributed by atoms with Gasteiger partial charge < -0.3 is 4.90 Å². The van der Waals surface area contributed by atoms with Crippen LogP contribution in [0.25, 0.3) is 0 Å². The van der Waals surface area contributed by atoms with Crippen LogP contribution >= 0.6 is 0 Å². The SMILES string of the molecule is CN1CCC(Cc2ccc(F)cc2C(C)(C)C)CC1. The van der Waals surface area contributed by atoms with E-state index in [2.05, 4.69) is 32.7 Å². The van der Waals surface area contributed by atoms with Gasteiger partial charge in [0.05, 0.1) is 0 Å². The van der Waals surface area contributed by atoms with Crippen molar-refractivity contribution in [2.45, 2.75) is 45.4 Å². The van der Waals surface area contributed by atoms with E-state index in [1.165, 1.54) is 37.1 Å². The van der Waals surface area contributed by atoms with E-state index in [1.807, 2.05) is 6.07 Å². The number of halogens is 1. The van der Waals surface area contributed by atoms with E-state index in [4.69, 9.17) is 0 Å². The Labute approximate surface area is 116 Å². The van der Waals surface area contributed by atoms with Gasteiger partial charge in [-0.2, -0.15) is 0 Å². The maximum absolute atomic E-state index is 13.5. The number of hydrogen-bond acceptors (Lipinski definition) is 1. The Morgan fingerprint density at radius 1 is 1.21 bits per heavy atom. The van der Waals surface area contributed by atoms with Gasteiger partial charge in [-0.1, -0.05) is 26.8 Å². The molecule has 1 nitrogen and oxygen atoms in total. The Morgan fingerprint density at radius 2 is 1.84 bits per heavy atom. The summed E-state index contributed by atoms with van der Waals surface area (Å²) in [6.45, 7) is 8.88. The van der Waals surface area contributed by atoms with Crippen molar-refractivity contribution in [1.29, 1.82) is 0 Å². The molecule has 1 aliphatic heterocycles. The molecule has 0 aliphatic carbocycles. The molecule has 1 heterocycles.